The number of benzene rings is 2. The molecule has 0 unspecified atom stereocenters. The van der Waals surface area contributed by atoms with Gasteiger partial charge in [0.15, 0.2) is 11.5 Å². The number of likely N-dealkylation sites (N-methyl/N-ethyl adjacent to an activating group) is 1. The lowest BCUT2D eigenvalue weighted by atomic mass is 10.1. The molecule has 1 aliphatic rings. The van der Waals surface area contributed by atoms with Gasteiger partial charge in [0.2, 0.25) is 11.7 Å². The van der Waals surface area contributed by atoms with Crippen LogP contribution >= 0.6 is 0 Å². The zero-order chi connectivity index (χ0) is 27.7. The Labute approximate surface area is 226 Å². The first-order valence-electron chi connectivity index (χ1n) is 13.1. The zero-order valence-electron chi connectivity index (χ0n) is 23.5. The zero-order valence-corrected chi connectivity index (χ0v) is 23.5. The highest BCUT2D eigenvalue weighted by atomic mass is 16.5. The molecule has 2 amide bonds. The van der Waals surface area contributed by atoms with Crippen molar-refractivity contribution in [3.8, 4) is 17.2 Å². The van der Waals surface area contributed by atoms with E-state index in [0.717, 1.165) is 43.5 Å². The van der Waals surface area contributed by atoms with Crippen LogP contribution in [-0.2, 0) is 4.79 Å². The molecule has 8 nitrogen and oxygen atoms in total. The highest BCUT2D eigenvalue weighted by Gasteiger charge is 2.31. The summed E-state index contributed by atoms with van der Waals surface area (Å²) in [6.07, 6.45) is 4.75. The third-order valence-corrected chi connectivity index (χ3v) is 6.81. The van der Waals surface area contributed by atoms with Crippen molar-refractivity contribution in [3.05, 3.63) is 59.2 Å². The van der Waals surface area contributed by atoms with Crippen molar-refractivity contribution < 1.29 is 23.8 Å². The molecule has 0 radical (unpaired) electrons. The molecule has 1 fully saturated rings. The molecule has 1 aliphatic heterocycles. The van der Waals surface area contributed by atoms with Crippen molar-refractivity contribution in [2.24, 2.45) is 0 Å². The van der Waals surface area contributed by atoms with Gasteiger partial charge in [-0.05, 0) is 50.4 Å². The summed E-state index contributed by atoms with van der Waals surface area (Å²) in [7, 11) is 8.23. The average Bonchev–Trinajstić information content (AvgIpc) is 3.39. The summed E-state index contributed by atoms with van der Waals surface area (Å²) in [6.45, 7) is 4.72. The highest BCUT2D eigenvalue weighted by molar-refractivity contribution is 5.96. The summed E-state index contributed by atoms with van der Waals surface area (Å²) in [4.78, 5) is 32.2. The van der Waals surface area contributed by atoms with Crippen molar-refractivity contribution in [1.29, 1.82) is 0 Å². The summed E-state index contributed by atoms with van der Waals surface area (Å²) >= 11 is 0. The quantitative estimate of drug-likeness (QED) is 0.415. The van der Waals surface area contributed by atoms with Crippen molar-refractivity contribution in [1.82, 2.24) is 14.7 Å². The first-order chi connectivity index (χ1) is 18.3. The molecule has 8 heteroatoms. The van der Waals surface area contributed by atoms with Crippen LogP contribution in [0.5, 0.6) is 17.2 Å². The Morgan fingerprint density at radius 1 is 1.03 bits per heavy atom. The molecule has 1 atom stereocenters. The molecule has 206 valence electrons. The Bertz CT molecular complexity index is 1090. The van der Waals surface area contributed by atoms with E-state index in [-0.39, 0.29) is 17.9 Å². The topological polar surface area (TPSA) is 71.6 Å². The highest BCUT2D eigenvalue weighted by Crippen LogP contribution is 2.38. The van der Waals surface area contributed by atoms with Gasteiger partial charge in [-0.25, -0.2) is 0 Å². The number of nitrogens with zero attached hydrogens (tertiary/aromatic N) is 3. The number of carbonyl (C=O) groups excluding carboxylic acids is 2. The number of methoxy groups -OCH3 is 3. The van der Waals surface area contributed by atoms with Gasteiger partial charge in [-0.1, -0.05) is 42.0 Å². The van der Waals surface area contributed by atoms with E-state index in [1.807, 2.05) is 42.2 Å². The van der Waals surface area contributed by atoms with Gasteiger partial charge in [-0.3, -0.25) is 14.5 Å². The number of likely N-dealkylation sites (tertiary alicyclic amines) is 1. The Kier molecular flexibility index (Phi) is 10.6. The van der Waals surface area contributed by atoms with E-state index in [1.165, 1.54) is 14.2 Å². The Morgan fingerprint density at radius 2 is 1.68 bits per heavy atom. The molecule has 3 rings (SSSR count). The lowest BCUT2D eigenvalue weighted by Crippen LogP contribution is -2.43. The van der Waals surface area contributed by atoms with Crippen molar-refractivity contribution in [3.63, 3.8) is 0 Å². The molecular formula is C30H41N3O5. The van der Waals surface area contributed by atoms with Crippen LogP contribution in [0.1, 0.15) is 42.1 Å². The summed E-state index contributed by atoms with van der Waals surface area (Å²) in [6, 6.07) is 13.4. The van der Waals surface area contributed by atoms with Crippen LogP contribution in [0.3, 0.4) is 0 Å². The summed E-state index contributed by atoms with van der Waals surface area (Å²) in [5, 5.41) is 0. The maximum absolute atomic E-state index is 13.8. The van der Waals surface area contributed by atoms with Crippen molar-refractivity contribution in [2.45, 2.75) is 32.2 Å². The van der Waals surface area contributed by atoms with Crippen LogP contribution in [0.25, 0.3) is 6.08 Å². The van der Waals surface area contributed by atoms with E-state index in [0.29, 0.717) is 35.9 Å². The van der Waals surface area contributed by atoms with Gasteiger partial charge in [0.05, 0.1) is 27.4 Å². The van der Waals surface area contributed by atoms with Crippen LogP contribution in [0.4, 0.5) is 0 Å². The van der Waals surface area contributed by atoms with Crippen molar-refractivity contribution >= 4 is 17.9 Å². The summed E-state index contributed by atoms with van der Waals surface area (Å²) < 4.78 is 16.4. The fraction of sp³-hybridized carbons (Fsp3) is 0.467. The van der Waals surface area contributed by atoms with Crippen LogP contribution in [0, 0.1) is 0 Å². The molecule has 2 aromatic carbocycles. The van der Waals surface area contributed by atoms with Crippen LogP contribution in [-0.4, -0.2) is 94.2 Å². The van der Waals surface area contributed by atoms with E-state index in [4.69, 9.17) is 14.2 Å². The Balaban J connectivity index is 1.82. The van der Waals surface area contributed by atoms with Gasteiger partial charge in [0.25, 0.3) is 5.91 Å². The molecule has 2 aromatic rings. The van der Waals surface area contributed by atoms with E-state index < -0.39 is 0 Å². The molecule has 0 N–H and O–H groups in total. The molecule has 0 bridgehead atoms. The molecule has 1 saturated heterocycles. The molecular weight excluding hydrogens is 482 g/mol. The summed E-state index contributed by atoms with van der Waals surface area (Å²) in [5.74, 6) is 1.35. The average molecular weight is 524 g/mol. The molecule has 0 aromatic heterocycles. The van der Waals surface area contributed by atoms with E-state index >= 15 is 0 Å². The molecule has 1 heterocycles. The van der Waals surface area contributed by atoms with Crippen LogP contribution in [0.2, 0.25) is 0 Å². The van der Waals surface area contributed by atoms with Crippen LogP contribution < -0.4 is 14.2 Å². The van der Waals surface area contributed by atoms with E-state index in [2.05, 4.69) is 11.0 Å². The second kappa shape index (κ2) is 13.9. The number of rotatable bonds is 12. The lowest BCUT2D eigenvalue weighted by Gasteiger charge is -2.28. The van der Waals surface area contributed by atoms with Crippen LogP contribution in [0.15, 0.2) is 48.0 Å². The van der Waals surface area contributed by atoms with E-state index in [9.17, 15) is 9.59 Å². The smallest absolute Gasteiger partial charge is 0.254 e. The van der Waals surface area contributed by atoms with Gasteiger partial charge in [-0.15, -0.1) is 0 Å². The first kappa shape index (κ1) is 29.0. The number of ether oxygens (including phenoxy) is 3. The molecule has 0 spiro atoms. The Morgan fingerprint density at radius 3 is 2.26 bits per heavy atom. The third-order valence-electron chi connectivity index (χ3n) is 6.81. The standard InChI is InChI=1S/C30H41N3O5/c1-22(18-23-12-8-7-9-13-23)21-33(17-11-16-32-15-10-14-25(32)30(35)31(2)3)29(34)24-19-26(36-4)28(38-6)27(20-24)37-5/h7-9,12-13,18-20,25H,10-11,14-17,21H2,1-6H3/b22-18+/t25-/m0/s1. The van der Waals surface area contributed by atoms with E-state index in [1.54, 1.807) is 38.2 Å². The fourth-order valence-corrected chi connectivity index (χ4v) is 4.96. The summed E-state index contributed by atoms with van der Waals surface area (Å²) in [5.41, 5.74) is 2.62. The minimum absolute atomic E-state index is 0.0797. The predicted molar refractivity (Wildman–Crippen MR) is 150 cm³/mol. The third kappa shape index (κ3) is 7.28. The fourth-order valence-electron chi connectivity index (χ4n) is 4.96. The molecule has 38 heavy (non-hydrogen) atoms. The first-order valence-corrected chi connectivity index (χ1v) is 13.1. The molecule has 0 aliphatic carbocycles. The number of hydrogen-bond donors (Lipinski definition) is 0. The van der Waals surface area contributed by atoms with Gasteiger partial charge in [0.1, 0.15) is 0 Å². The normalized spacial score (nSPS) is 15.7. The number of carbonyl (C=O) groups is 2. The maximum Gasteiger partial charge on any atom is 0.254 e. The van der Waals surface area contributed by atoms with Gasteiger partial charge in [-0.2, -0.15) is 0 Å². The SMILES string of the molecule is COc1cc(C(=O)N(CCCN2CCC[C@H]2C(=O)N(C)C)C/C(C)=C/c2ccccc2)cc(OC)c1OC. The van der Waals surface area contributed by atoms with Gasteiger partial charge in [0, 0.05) is 39.3 Å². The maximum atomic E-state index is 13.8. The minimum Gasteiger partial charge on any atom is -0.493 e. The predicted octanol–water partition coefficient (Wildman–Crippen LogP) is 4.20. The van der Waals surface area contributed by atoms with Crippen molar-refractivity contribution in [2.75, 3.05) is 61.6 Å². The minimum atomic E-state index is -0.118. The van der Waals surface area contributed by atoms with Gasteiger partial charge >= 0.3 is 0 Å². The second-order valence-corrected chi connectivity index (χ2v) is 9.82. The number of amides is 2. The van der Waals surface area contributed by atoms with Gasteiger partial charge < -0.3 is 24.0 Å². The largest absolute Gasteiger partial charge is 0.493 e. The Hall–Kier alpha value is -3.52. The monoisotopic (exact) mass is 523 g/mol. The second-order valence-electron chi connectivity index (χ2n) is 9.82. The molecule has 0 saturated carbocycles. The lowest BCUT2D eigenvalue weighted by molar-refractivity contribution is -0.133. The number of hydrogen-bond acceptors (Lipinski definition) is 6.